The third-order valence-corrected chi connectivity index (χ3v) is 13.7. The number of rotatable bonds is 6. The second-order valence-corrected chi connectivity index (χ2v) is 25.6. The summed E-state index contributed by atoms with van der Waals surface area (Å²) in [7, 11) is 0. The number of aromatic nitrogens is 4. The quantitative estimate of drug-likeness (QED) is 0.128. The van der Waals surface area contributed by atoms with Gasteiger partial charge in [-0.2, -0.15) is 4.57 Å². The molecule has 8 rings (SSSR count). The molecule has 0 bridgehead atoms. The molecule has 0 amide bonds. The standard InChI is InChI=1S/C43H41GeN4O/c1-43(2,3)30-23-24-45-42(25-30)48-38-22-19-31(44(4,5)6)26-37(38)36-21-20-35(28-41(36)48)49-34-16-12-15-33(27-34)47-29-46(32-13-8-7-9-14-32)39-17-10-11-18-40(39)47/h7-29H,1-6H3/q+1. The van der Waals surface area contributed by atoms with Crippen LogP contribution in [-0.2, 0) is 5.41 Å². The molecule has 0 aliphatic carbocycles. The van der Waals surface area contributed by atoms with Crippen molar-refractivity contribution >= 4 is 50.5 Å². The van der Waals surface area contributed by atoms with Crippen LogP contribution in [0.5, 0.6) is 11.5 Å². The van der Waals surface area contributed by atoms with Crippen molar-refractivity contribution in [2.75, 3.05) is 0 Å². The van der Waals surface area contributed by atoms with Crippen molar-refractivity contribution in [2.24, 2.45) is 0 Å². The molecule has 6 heteroatoms. The molecule has 3 heterocycles. The van der Waals surface area contributed by atoms with E-state index in [-0.39, 0.29) is 5.41 Å². The van der Waals surface area contributed by atoms with Crippen molar-refractivity contribution < 1.29 is 9.30 Å². The molecular formula is C43H41GeN4O+. The van der Waals surface area contributed by atoms with Crippen LogP contribution in [0.1, 0.15) is 26.3 Å². The molecule has 0 saturated carbocycles. The van der Waals surface area contributed by atoms with Gasteiger partial charge < -0.3 is 0 Å². The number of pyridine rings is 1. The molecule has 0 atom stereocenters. The molecule has 0 unspecified atom stereocenters. The minimum atomic E-state index is -2.07. The van der Waals surface area contributed by atoms with E-state index in [9.17, 15) is 0 Å². The van der Waals surface area contributed by atoms with Gasteiger partial charge in [0.2, 0.25) is 0 Å². The van der Waals surface area contributed by atoms with Crippen LogP contribution in [-0.4, -0.2) is 27.4 Å². The van der Waals surface area contributed by atoms with E-state index in [0.717, 1.165) is 50.8 Å². The average molecular weight is 702 g/mol. The van der Waals surface area contributed by atoms with Gasteiger partial charge in [0.15, 0.2) is 11.0 Å². The van der Waals surface area contributed by atoms with Crippen LogP contribution in [0.4, 0.5) is 0 Å². The van der Waals surface area contributed by atoms with E-state index in [1.54, 1.807) is 0 Å². The van der Waals surface area contributed by atoms with Gasteiger partial charge in [-0.15, -0.1) is 0 Å². The number of imidazole rings is 1. The molecule has 0 saturated heterocycles. The maximum absolute atomic E-state index is 6.65. The topological polar surface area (TPSA) is 35.9 Å². The Morgan fingerprint density at radius 2 is 1.43 bits per heavy atom. The third-order valence-electron chi connectivity index (χ3n) is 9.44. The molecule has 0 N–H and O–H groups in total. The Kier molecular flexibility index (Phi) is 7.49. The fourth-order valence-corrected chi connectivity index (χ4v) is 9.16. The van der Waals surface area contributed by atoms with Crippen molar-refractivity contribution in [1.29, 1.82) is 0 Å². The van der Waals surface area contributed by atoms with Gasteiger partial charge in [-0.05, 0) is 24.3 Å². The first-order valence-electron chi connectivity index (χ1n) is 17.0. The van der Waals surface area contributed by atoms with E-state index in [4.69, 9.17) is 9.72 Å². The zero-order valence-corrected chi connectivity index (χ0v) is 31.1. The number of ether oxygens (including phenoxy) is 1. The zero-order valence-electron chi connectivity index (χ0n) is 29.0. The minimum absolute atomic E-state index is 0.00805. The summed E-state index contributed by atoms with van der Waals surface area (Å²) in [5.74, 6) is 9.83. The van der Waals surface area contributed by atoms with Crippen molar-refractivity contribution in [3.05, 3.63) is 145 Å². The van der Waals surface area contributed by atoms with Gasteiger partial charge in [-0.3, -0.25) is 0 Å². The Balaban J connectivity index is 1.24. The van der Waals surface area contributed by atoms with E-state index in [1.807, 2.05) is 18.3 Å². The number of hydrogen-bond acceptors (Lipinski definition) is 2. The van der Waals surface area contributed by atoms with Crippen LogP contribution in [0.25, 0.3) is 50.0 Å². The Morgan fingerprint density at radius 1 is 0.653 bits per heavy atom. The van der Waals surface area contributed by atoms with Gasteiger partial charge in [0, 0.05) is 0 Å². The maximum atomic E-state index is 6.65. The first-order valence-corrected chi connectivity index (χ1v) is 24.3. The molecule has 0 aliphatic rings. The van der Waals surface area contributed by atoms with Crippen molar-refractivity contribution in [3.8, 4) is 28.7 Å². The van der Waals surface area contributed by atoms with E-state index in [0.29, 0.717) is 0 Å². The fraction of sp³-hybridized carbons (Fsp3) is 0.163. The third kappa shape index (κ3) is 5.72. The summed E-state index contributed by atoms with van der Waals surface area (Å²) in [4.78, 5) is 4.90. The Bertz CT molecular complexity index is 2500. The molecule has 3 aromatic heterocycles. The molecule has 5 nitrogen and oxygen atoms in total. The molecular weight excluding hydrogens is 661 g/mol. The van der Waals surface area contributed by atoms with Crippen LogP contribution < -0.4 is 13.7 Å². The van der Waals surface area contributed by atoms with Crippen LogP contribution in [0, 0.1) is 0 Å². The zero-order chi connectivity index (χ0) is 33.9. The van der Waals surface area contributed by atoms with Crippen LogP contribution in [0.15, 0.2) is 140 Å². The summed E-state index contributed by atoms with van der Waals surface area (Å²) < 4.78 is 14.9. The summed E-state index contributed by atoms with van der Waals surface area (Å²) in [6.07, 6.45) is 4.09. The first-order chi connectivity index (χ1) is 23.5. The van der Waals surface area contributed by atoms with Crippen molar-refractivity contribution in [2.45, 2.75) is 43.5 Å². The van der Waals surface area contributed by atoms with E-state index >= 15 is 0 Å². The predicted molar refractivity (Wildman–Crippen MR) is 205 cm³/mol. The Hall–Kier alpha value is -5.14. The molecule has 8 aromatic rings. The predicted octanol–water partition coefficient (Wildman–Crippen LogP) is 10.0. The number of para-hydroxylation sites is 3. The van der Waals surface area contributed by atoms with Gasteiger partial charge in [0.05, 0.1) is 0 Å². The molecule has 0 radical (unpaired) electrons. The summed E-state index contributed by atoms with van der Waals surface area (Å²) in [6, 6.07) is 45.1. The van der Waals surface area contributed by atoms with Crippen molar-refractivity contribution in [3.63, 3.8) is 0 Å². The molecule has 242 valence electrons. The molecule has 0 aliphatic heterocycles. The second-order valence-electron chi connectivity index (χ2n) is 14.9. The molecule has 49 heavy (non-hydrogen) atoms. The van der Waals surface area contributed by atoms with Gasteiger partial charge >= 0.3 is 209 Å². The Morgan fingerprint density at radius 3 is 2.22 bits per heavy atom. The van der Waals surface area contributed by atoms with E-state index in [2.05, 4.69) is 173 Å². The van der Waals surface area contributed by atoms with Crippen LogP contribution in [0.3, 0.4) is 0 Å². The second kappa shape index (κ2) is 11.8. The average Bonchev–Trinajstić information content (AvgIpc) is 3.64. The summed E-state index contributed by atoms with van der Waals surface area (Å²) >= 11 is -2.07. The van der Waals surface area contributed by atoms with Gasteiger partial charge in [0.1, 0.15) is 5.69 Å². The molecule has 0 spiro atoms. The Labute approximate surface area is 290 Å². The SMILES string of the molecule is CC(C)(C)c1ccnc(-n2c3cc[c]([Ge]([CH3])([CH3])[CH3])cc3c3ccc(Oc4cccc(-n5c[n+](-c6ccccc6)c6ccccc65)c4)cc32)c1. The fourth-order valence-electron chi connectivity index (χ4n) is 6.73. The van der Waals surface area contributed by atoms with Gasteiger partial charge in [-0.25, -0.2) is 0 Å². The molecule has 5 aromatic carbocycles. The normalized spacial score (nSPS) is 12.3. The van der Waals surface area contributed by atoms with E-state index in [1.165, 1.54) is 20.7 Å². The summed E-state index contributed by atoms with van der Waals surface area (Å²) in [5, 5.41) is 2.47. The van der Waals surface area contributed by atoms with Crippen LogP contribution >= 0.6 is 0 Å². The van der Waals surface area contributed by atoms with Crippen LogP contribution in [0.2, 0.25) is 17.3 Å². The number of fused-ring (bicyclic) bond motifs is 4. The molecule has 0 fully saturated rings. The summed E-state index contributed by atoms with van der Waals surface area (Å²) in [5.41, 5.74) is 7.92. The monoisotopic (exact) mass is 703 g/mol. The number of nitrogens with zero attached hydrogens (tertiary/aromatic N) is 4. The number of hydrogen-bond donors (Lipinski definition) is 0. The summed E-state index contributed by atoms with van der Waals surface area (Å²) in [6.45, 7) is 6.74. The number of benzene rings is 5. The van der Waals surface area contributed by atoms with Gasteiger partial charge in [-0.1, -0.05) is 30.3 Å². The van der Waals surface area contributed by atoms with Gasteiger partial charge in [0.25, 0.3) is 6.33 Å². The van der Waals surface area contributed by atoms with Crippen molar-refractivity contribution in [1.82, 2.24) is 14.1 Å². The van der Waals surface area contributed by atoms with E-state index < -0.39 is 13.3 Å². The first kappa shape index (κ1) is 31.1.